The van der Waals surface area contributed by atoms with Gasteiger partial charge in [0.25, 0.3) is 0 Å². The number of rotatable bonds is 3. The van der Waals surface area contributed by atoms with Gasteiger partial charge >= 0.3 is 5.97 Å². The Morgan fingerprint density at radius 1 is 1.38 bits per heavy atom. The van der Waals surface area contributed by atoms with Gasteiger partial charge in [0.05, 0.1) is 5.69 Å². The van der Waals surface area contributed by atoms with E-state index in [9.17, 15) is 9.90 Å². The normalized spacial score (nSPS) is 26.3. The van der Waals surface area contributed by atoms with Crippen LogP contribution in [0.15, 0.2) is 0 Å². The molecule has 1 aromatic heterocycles. The van der Waals surface area contributed by atoms with Crippen LogP contribution >= 0.6 is 11.6 Å². The molecular formula is C15H22ClN3O2. The van der Waals surface area contributed by atoms with Gasteiger partial charge in [0.1, 0.15) is 11.7 Å². The first-order valence-corrected chi connectivity index (χ1v) is 8.09. The number of fused-ring (bicyclic) bond motifs is 1. The highest BCUT2D eigenvalue weighted by atomic mass is 35.5. The second-order valence-electron chi connectivity index (χ2n) is 6.41. The highest BCUT2D eigenvalue weighted by Crippen LogP contribution is 2.38. The minimum atomic E-state index is -0.792. The molecule has 0 radical (unpaired) electrons. The number of aromatic nitrogens is 2. The SMILES string of the molecule is CC(C)N1CCC(c2nc(Cl)c3n2CCCC3C(=O)O)C1. The fourth-order valence-corrected chi connectivity index (χ4v) is 3.95. The molecule has 2 aliphatic rings. The molecule has 1 fully saturated rings. The Bertz CT molecular complexity index is 555. The zero-order valence-corrected chi connectivity index (χ0v) is 13.3. The molecule has 21 heavy (non-hydrogen) atoms. The predicted octanol–water partition coefficient (Wildman–Crippen LogP) is 2.70. The summed E-state index contributed by atoms with van der Waals surface area (Å²) >= 11 is 6.27. The number of carboxylic acid groups (broad SMARTS) is 1. The fourth-order valence-electron chi connectivity index (χ4n) is 3.63. The quantitative estimate of drug-likeness (QED) is 0.932. The number of aliphatic carboxylic acids is 1. The molecule has 1 saturated heterocycles. The molecule has 116 valence electrons. The predicted molar refractivity (Wildman–Crippen MR) is 80.9 cm³/mol. The molecule has 0 amide bonds. The van der Waals surface area contributed by atoms with E-state index >= 15 is 0 Å². The molecule has 5 nitrogen and oxygen atoms in total. The lowest BCUT2D eigenvalue weighted by Gasteiger charge is -2.24. The van der Waals surface area contributed by atoms with Crippen LogP contribution in [0.3, 0.4) is 0 Å². The molecule has 0 aromatic carbocycles. The first-order valence-electron chi connectivity index (χ1n) is 7.71. The van der Waals surface area contributed by atoms with E-state index in [2.05, 4.69) is 28.3 Å². The lowest BCUT2D eigenvalue weighted by molar-refractivity contribution is -0.139. The molecule has 0 spiro atoms. The van der Waals surface area contributed by atoms with Crippen LogP contribution in [0.5, 0.6) is 0 Å². The van der Waals surface area contributed by atoms with E-state index in [1.807, 2.05) is 0 Å². The van der Waals surface area contributed by atoms with E-state index in [4.69, 9.17) is 11.6 Å². The number of carbonyl (C=O) groups is 1. The van der Waals surface area contributed by atoms with Crippen molar-refractivity contribution in [2.45, 2.75) is 57.5 Å². The molecule has 3 rings (SSSR count). The summed E-state index contributed by atoms with van der Waals surface area (Å²) < 4.78 is 2.08. The van der Waals surface area contributed by atoms with Gasteiger partial charge in [-0.05, 0) is 39.7 Å². The summed E-state index contributed by atoms with van der Waals surface area (Å²) in [6, 6.07) is 0.535. The Hall–Kier alpha value is -1.07. The van der Waals surface area contributed by atoms with Gasteiger partial charge < -0.3 is 14.6 Å². The van der Waals surface area contributed by atoms with E-state index < -0.39 is 11.9 Å². The van der Waals surface area contributed by atoms with Gasteiger partial charge in [-0.25, -0.2) is 4.98 Å². The maximum Gasteiger partial charge on any atom is 0.312 e. The summed E-state index contributed by atoms with van der Waals surface area (Å²) in [4.78, 5) is 18.4. The van der Waals surface area contributed by atoms with Crippen LogP contribution in [0, 0.1) is 0 Å². The molecule has 0 aliphatic carbocycles. The Labute approximate surface area is 129 Å². The lowest BCUT2D eigenvalue weighted by Crippen LogP contribution is -2.28. The van der Waals surface area contributed by atoms with Crippen LogP contribution in [-0.2, 0) is 11.3 Å². The van der Waals surface area contributed by atoms with Gasteiger partial charge in [-0.15, -0.1) is 0 Å². The van der Waals surface area contributed by atoms with E-state index in [0.29, 0.717) is 29.2 Å². The first-order chi connectivity index (χ1) is 9.99. The number of imidazole rings is 1. The van der Waals surface area contributed by atoms with Gasteiger partial charge in [-0.2, -0.15) is 0 Å². The molecule has 1 aromatic rings. The molecule has 0 bridgehead atoms. The maximum atomic E-state index is 11.4. The molecule has 3 heterocycles. The van der Waals surface area contributed by atoms with Gasteiger partial charge in [0.2, 0.25) is 0 Å². The summed E-state index contributed by atoms with van der Waals surface area (Å²) in [7, 11) is 0. The van der Waals surface area contributed by atoms with Crippen molar-refractivity contribution >= 4 is 17.6 Å². The van der Waals surface area contributed by atoms with Gasteiger partial charge in [0, 0.05) is 25.0 Å². The van der Waals surface area contributed by atoms with Crippen LogP contribution in [0.25, 0.3) is 0 Å². The van der Waals surface area contributed by atoms with Gasteiger partial charge in [0.15, 0.2) is 5.15 Å². The van der Waals surface area contributed by atoms with Crippen molar-refractivity contribution in [3.8, 4) is 0 Å². The Kier molecular flexibility index (Phi) is 3.97. The average Bonchev–Trinajstić information content (AvgIpc) is 3.04. The summed E-state index contributed by atoms with van der Waals surface area (Å²) in [5, 5.41) is 9.78. The van der Waals surface area contributed by atoms with Crippen molar-refractivity contribution in [2.75, 3.05) is 13.1 Å². The first kappa shape index (κ1) is 14.9. The number of likely N-dealkylation sites (tertiary alicyclic amines) is 1. The second-order valence-corrected chi connectivity index (χ2v) is 6.76. The fraction of sp³-hybridized carbons (Fsp3) is 0.733. The monoisotopic (exact) mass is 311 g/mol. The largest absolute Gasteiger partial charge is 0.481 e. The number of hydrogen-bond acceptors (Lipinski definition) is 3. The topological polar surface area (TPSA) is 58.4 Å². The molecule has 1 N–H and O–H groups in total. The van der Waals surface area contributed by atoms with Crippen molar-refractivity contribution in [1.29, 1.82) is 0 Å². The van der Waals surface area contributed by atoms with Crippen LogP contribution in [0.1, 0.15) is 56.5 Å². The summed E-state index contributed by atoms with van der Waals surface area (Å²) in [5.74, 6) is 0.0601. The van der Waals surface area contributed by atoms with E-state index in [0.717, 1.165) is 38.3 Å². The average molecular weight is 312 g/mol. The van der Waals surface area contributed by atoms with Crippen molar-refractivity contribution in [3.05, 3.63) is 16.7 Å². The highest BCUT2D eigenvalue weighted by Gasteiger charge is 2.36. The third-order valence-electron chi connectivity index (χ3n) is 4.81. The smallest absolute Gasteiger partial charge is 0.312 e. The number of carboxylic acids is 1. The van der Waals surface area contributed by atoms with E-state index in [1.54, 1.807) is 0 Å². The molecule has 2 aliphatic heterocycles. The number of nitrogens with zero attached hydrogens (tertiary/aromatic N) is 3. The van der Waals surface area contributed by atoms with Crippen LogP contribution in [-0.4, -0.2) is 44.7 Å². The van der Waals surface area contributed by atoms with Crippen molar-refractivity contribution < 1.29 is 9.90 Å². The molecule has 0 saturated carbocycles. The number of halogens is 1. The third kappa shape index (κ3) is 2.57. The molecule has 2 atom stereocenters. The lowest BCUT2D eigenvalue weighted by atomic mass is 9.96. The maximum absolute atomic E-state index is 11.4. The minimum absolute atomic E-state index is 0.367. The van der Waals surface area contributed by atoms with E-state index in [-0.39, 0.29) is 0 Å². The Morgan fingerprint density at radius 2 is 2.14 bits per heavy atom. The molecule has 2 unspecified atom stereocenters. The van der Waals surface area contributed by atoms with Crippen LogP contribution < -0.4 is 0 Å². The van der Waals surface area contributed by atoms with Crippen molar-refractivity contribution in [2.24, 2.45) is 0 Å². The van der Waals surface area contributed by atoms with Gasteiger partial charge in [-0.1, -0.05) is 11.6 Å². The molecule has 6 heteroatoms. The Morgan fingerprint density at radius 3 is 2.76 bits per heavy atom. The van der Waals surface area contributed by atoms with Gasteiger partial charge in [-0.3, -0.25) is 4.79 Å². The minimum Gasteiger partial charge on any atom is -0.481 e. The van der Waals surface area contributed by atoms with Crippen molar-refractivity contribution in [3.63, 3.8) is 0 Å². The van der Waals surface area contributed by atoms with E-state index in [1.165, 1.54) is 0 Å². The summed E-state index contributed by atoms with van der Waals surface area (Å²) in [6.07, 6.45) is 2.61. The second kappa shape index (κ2) is 5.61. The summed E-state index contributed by atoms with van der Waals surface area (Å²) in [5.41, 5.74) is 0.716. The van der Waals surface area contributed by atoms with Crippen LogP contribution in [0.4, 0.5) is 0 Å². The summed E-state index contributed by atoms with van der Waals surface area (Å²) in [6.45, 7) is 7.31. The standard InChI is InChI=1S/C15H22ClN3O2/c1-9(2)18-7-5-10(8-18)14-17-13(16)12-11(15(20)21)4-3-6-19(12)14/h9-11H,3-8H2,1-2H3,(H,20,21). The molecular weight excluding hydrogens is 290 g/mol. The Balaban J connectivity index is 1.92. The van der Waals surface area contributed by atoms with Crippen molar-refractivity contribution in [1.82, 2.24) is 14.5 Å². The zero-order chi connectivity index (χ0) is 15.1. The third-order valence-corrected chi connectivity index (χ3v) is 5.09. The number of hydrogen-bond donors (Lipinski definition) is 1. The van der Waals surface area contributed by atoms with Crippen LogP contribution in [0.2, 0.25) is 5.15 Å². The zero-order valence-electron chi connectivity index (χ0n) is 12.5. The highest BCUT2D eigenvalue weighted by molar-refractivity contribution is 6.30.